The maximum absolute atomic E-state index is 12.2. The highest BCUT2D eigenvalue weighted by Crippen LogP contribution is 2.15. The number of aromatic nitrogens is 2. The molecule has 0 saturated heterocycles. The van der Waals surface area contributed by atoms with Gasteiger partial charge in [-0.2, -0.15) is 8.42 Å². The van der Waals surface area contributed by atoms with Gasteiger partial charge in [0.15, 0.2) is 0 Å². The highest BCUT2D eigenvalue weighted by molar-refractivity contribution is 7.91. The zero-order valence-corrected chi connectivity index (χ0v) is 10.5. The van der Waals surface area contributed by atoms with Gasteiger partial charge in [-0.15, -0.1) is 3.97 Å². The van der Waals surface area contributed by atoms with Gasteiger partial charge in [0.25, 0.3) is 6.33 Å². The molecule has 0 saturated carbocycles. The minimum absolute atomic E-state index is 0.629. The van der Waals surface area contributed by atoms with E-state index < -0.39 is 10.2 Å². The Kier molecular flexibility index (Phi) is 2.89. The lowest BCUT2D eigenvalue weighted by Crippen LogP contribution is -2.33. The second-order valence-corrected chi connectivity index (χ2v) is 5.58. The number of para-hydroxylation sites is 1. The Morgan fingerprint density at radius 3 is 2.41 bits per heavy atom. The van der Waals surface area contributed by atoms with E-state index in [1.54, 1.807) is 42.1 Å². The van der Waals surface area contributed by atoms with Crippen molar-refractivity contribution in [2.45, 2.75) is 0 Å². The van der Waals surface area contributed by atoms with E-state index in [4.69, 9.17) is 0 Å². The Balaban J connectivity index is 2.40. The van der Waals surface area contributed by atoms with Crippen LogP contribution in [0, 0.1) is 0 Å². The van der Waals surface area contributed by atoms with Gasteiger partial charge in [0.2, 0.25) is 0 Å². The SMILES string of the molecule is CN(c1ccccc1)S(=O)(=O)n1cc[n+](C)c1. The van der Waals surface area contributed by atoms with Crippen molar-refractivity contribution in [2.75, 3.05) is 11.4 Å². The summed E-state index contributed by atoms with van der Waals surface area (Å²) in [6, 6.07) is 8.95. The zero-order valence-electron chi connectivity index (χ0n) is 9.69. The van der Waals surface area contributed by atoms with Crippen molar-refractivity contribution in [3.63, 3.8) is 0 Å². The Labute approximate surface area is 101 Å². The zero-order chi connectivity index (χ0) is 12.5. The van der Waals surface area contributed by atoms with Crippen molar-refractivity contribution >= 4 is 15.9 Å². The first-order chi connectivity index (χ1) is 8.01. The van der Waals surface area contributed by atoms with Crippen LogP contribution in [-0.2, 0) is 17.3 Å². The lowest BCUT2D eigenvalue weighted by atomic mass is 10.3. The number of benzene rings is 1. The summed E-state index contributed by atoms with van der Waals surface area (Å²) in [4.78, 5) is 0. The molecule has 0 aliphatic heterocycles. The molecule has 0 spiro atoms. The second-order valence-electron chi connectivity index (χ2n) is 3.72. The van der Waals surface area contributed by atoms with Crippen LogP contribution >= 0.6 is 0 Å². The summed E-state index contributed by atoms with van der Waals surface area (Å²) in [5.41, 5.74) is 0.629. The molecule has 90 valence electrons. The number of hydrogen-bond donors (Lipinski definition) is 0. The van der Waals surface area contributed by atoms with Gasteiger partial charge >= 0.3 is 10.2 Å². The molecular weight excluding hydrogens is 238 g/mol. The largest absolute Gasteiger partial charge is 0.403 e. The molecule has 0 aliphatic rings. The van der Waals surface area contributed by atoms with E-state index in [9.17, 15) is 8.42 Å². The predicted octanol–water partition coefficient (Wildman–Crippen LogP) is 0.542. The van der Waals surface area contributed by atoms with E-state index in [0.717, 1.165) is 0 Å². The third-order valence-corrected chi connectivity index (χ3v) is 4.13. The number of rotatable bonds is 3. The number of anilines is 1. The third-order valence-electron chi connectivity index (χ3n) is 2.48. The van der Waals surface area contributed by atoms with Crippen molar-refractivity contribution in [3.8, 4) is 0 Å². The van der Waals surface area contributed by atoms with Gasteiger partial charge in [0.1, 0.15) is 12.4 Å². The summed E-state index contributed by atoms with van der Waals surface area (Å²) in [7, 11) is -0.237. The first-order valence-electron chi connectivity index (χ1n) is 5.09. The summed E-state index contributed by atoms with van der Waals surface area (Å²) >= 11 is 0. The van der Waals surface area contributed by atoms with Crippen molar-refractivity contribution in [2.24, 2.45) is 7.05 Å². The molecule has 0 radical (unpaired) electrons. The molecule has 5 nitrogen and oxygen atoms in total. The first-order valence-corrected chi connectivity index (χ1v) is 6.49. The molecule has 0 atom stereocenters. The third kappa shape index (κ3) is 2.16. The van der Waals surface area contributed by atoms with Gasteiger partial charge in [0.05, 0.1) is 12.7 Å². The average molecular weight is 252 g/mol. The number of hydrogen-bond acceptors (Lipinski definition) is 2. The highest BCUT2D eigenvalue weighted by Gasteiger charge is 2.25. The Morgan fingerprint density at radius 1 is 1.24 bits per heavy atom. The summed E-state index contributed by atoms with van der Waals surface area (Å²) in [5.74, 6) is 0. The molecule has 0 N–H and O–H groups in total. The van der Waals surface area contributed by atoms with Gasteiger partial charge in [-0.1, -0.05) is 18.2 Å². The monoisotopic (exact) mass is 252 g/mol. The Bertz CT molecular complexity index is 605. The van der Waals surface area contributed by atoms with E-state index in [1.807, 2.05) is 6.07 Å². The topological polar surface area (TPSA) is 46.2 Å². The summed E-state index contributed by atoms with van der Waals surface area (Å²) in [6.45, 7) is 0. The Hall–Kier alpha value is -1.82. The Morgan fingerprint density at radius 2 is 1.88 bits per heavy atom. The molecule has 0 amide bonds. The van der Waals surface area contributed by atoms with Crippen LogP contribution in [0.4, 0.5) is 5.69 Å². The molecular formula is C11H14N3O2S+. The summed E-state index contributed by atoms with van der Waals surface area (Å²) in [5, 5.41) is 0. The molecule has 1 heterocycles. The van der Waals surface area contributed by atoms with Crippen LogP contribution < -0.4 is 8.87 Å². The highest BCUT2D eigenvalue weighted by atomic mass is 32.2. The van der Waals surface area contributed by atoms with Gasteiger partial charge < -0.3 is 0 Å². The van der Waals surface area contributed by atoms with E-state index >= 15 is 0 Å². The van der Waals surface area contributed by atoms with Crippen LogP contribution in [0.3, 0.4) is 0 Å². The van der Waals surface area contributed by atoms with E-state index in [-0.39, 0.29) is 0 Å². The van der Waals surface area contributed by atoms with Gasteiger partial charge in [-0.25, -0.2) is 8.87 Å². The van der Waals surface area contributed by atoms with Crippen molar-refractivity contribution in [3.05, 3.63) is 49.1 Å². The fourth-order valence-electron chi connectivity index (χ4n) is 1.48. The molecule has 17 heavy (non-hydrogen) atoms. The van der Waals surface area contributed by atoms with Crippen molar-refractivity contribution in [1.82, 2.24) is 3.97 Å². The van der Waals surface area contributed by atoms with E-state index in [1.165, 1.54) is 27.8 Å². The van der Waals surface area contributed by atoms with E-state index in [0.29, 0.717) is 5.69 Å². The summed E-state index contributed by atoms with van der Waals surface area (Å²) < 4.78 is 28.5. The molecule has 6 heteroatoms. The first kappa shape index (κ1) is 11.7. The normalized spacial score (nSPS) is 11.4. The number of aryl methyl sites for hydroxylation is 1. The molecule has 2 rings (SSSR count). The molecule has 0 fully saturated rings. The lowest BCUT2D eigenvalue weighted by Gasteiger charge is -2.15. The van der Waals surface area contributed by atoms with Crippen molar-refractivity contribution < 1.29 is 13.0 Å². The number of imidazole rings is 1. The quantitative estimate of drug-likeness (QED) is 0.749. The van der Waals surface area contributed by atoms with Crippen LogP contribution in [0.2, 0.25) is 0 Å². The van der Waals surface area contributed by atoms with Gasteiger partial charge in [0, 0.05) is 7.05 Å². The molecule has 0 unspecified atom stereocenters. The van der Waals surface area contributed by atoms with Gasteiger partial charge in [-0.05, 0) is 12.1 Å². The lowest BCUT2D eigenvalue weighted by molar-refractivity contribution is -0.670. The predicted molar refractivity (Wildman–Crippen MR) is 64.8 cm³/mol. The maximum Gasteiger partial charge on any atom is 0.403 e. The summed E-state index contributed by atoms with van der Waals surface area (Å²) in [6.07, 6.45) is 4.69. The van der Waals surface area contributed by atoms with Crippen molar-refractivity contribution in [1.29, 1.82) is 0 Å². The minimum Gasteiger partial charge on any atom is -0.238 e. The standard InChI is InChI=1S/C11H14N3O2S/c1-12-8-9-14(10-12)17(15,16)13(2)11-6-4-3-5-7-11/h3-10H,1-2H3/q+1. The maximum atomic E-state index is 12.2. The average Bonchev–Trinajstić information content (AvgIpc) is 2.77. The molecule has 0 aliphatic carbocycles. The van der Waals surface area contributed by atoms with E-state index in [2.05, 4.69) is 0 Å². The fourth-order valence-corrected chi connectivity index (χ4v) is 2.62. The smallest absolute Gasteiger partial charge is 0.238 e. The minimum atomic E-state index is -3.54. The van der Waals surface area contributed by atoms with Crippen LogP contribution in [0.15, 0.2) is 49.1 Å². The van der Waals surface area contributed by atoms with Crippen LogP contribution in [0.1, 0.15) is 0 Å². The van der Waals surface area contributed by atoms with Crippen LogP contribution in [-0.4, -0.2) is 19.4 Å². The molecule has 0 bridgehead atoms. The van der Waals surface area contributed by atoms with Gasteiger partial charge in [-0.3, -0.25) is 0 Å². The molecule has 1 aromatic heterocycles. The molecule has 1 aromatic carbocycles. The molecule has 2 aromatic rings. The van der Waals surface area contributed by atoms with Crippen LogP contribution in [0.5, 0.6) is 0 Å². The second kappa shape index (κ2) is 4.21. The number of nitrogens with zero attached hydrogens (tertiary/aromatic N) is 3. The fraction of sp³-hybridized carbons (Fsp3) is 0.182. The van der Waals surface area contributed by atoms with Crippen LogP contribution in [0.25, 0.3) is 0 Å².